The second-order valence-electron chi connectivity index (χ2n) is 5.51. The lowest BCUT2D eigenvalue weighted by atomic mass is 10.0. The summed E-state index contributed by atoms with van der Waals surface area (Å²) in [4.78, 5) is 13.3. The highest BCUT2D eigenvalue weighted by Crippen LogP contribution is 2.23. The van der Waals surface area contributed by atoms with E-state index in [0.717, 1.165) is 12.1 Å². The molecule has 1 atom stereocenters. The first-order chi connectivity index (χ1) is 10.7. The number of nitrogens with zero attached hydrogens (tertiary/aromatic N) is 1. The Morgan fingerprint density at radius 2 is 1.83 bits per heavy atom. The van der Waals surface area contributed by atoms with Crippen molar-refractivity contribution in [3.05, 3.63) is 35.4 Å². The molecule has 1 amide bonds. The van der Waals surface area contributed by atoms with Gasteiger partial charge in [0.25, 0.3) is 0 Å². The molecule has 0 aliphatic heterocycles. The molecule has 0 radical (unpaired) electrons. The van der Waals surface area contributed by atoms with Crippen molar-refractivity contribution in [3.63, 3.8) is 0 Å². The largest absolute Gasteiger partial charge is 0.353 e. The second kappa shape index (κ2) is 8.35. The van der Waals surface area contributed by atoms with Crippen LogP contribution in [0.1, 0.15) is 24.9 Å². The zero-order valence-electron chi connectivity index (χ0n) is 13.5. The van der Waals surface area contributed by atoms with Crippen LogP contribution in [-0.2, 0) is 14.6 Å². The van der Waals surface area contributed by atoms with Gasteiger partial charge >= 0.3 is 0 Å². The molecule has 1 N–H and O–H groups in total. The standard InChI is InChI=1S/C15H22F2N2O3S/c1-4-8-23(21,22)10-14(20)18-9-13(19(2)3)15-11(16)6-5-7-12(15)17/h5-7,13H,4,8-10H2,1-3H3,(H,18,20). The molecule has 0 spiro atoms. The lowest BCUT2D eigenvalue weighted by Crippen LogP contribution is -2.38. The molecule has 130 valence electrons. The quantitative estimate of drug-likeness (QED) is 0.773. The van der Waals surface area contributed by atoms with Gasteiger partial charge in [0.15, 0.2) is 9.84 Å². The van der Waals surface area contributed by atoms with Crippen LogP contribution in [-0.4, -0.2) is 51.4 Å². The molecule has 0 saturated carbocycles. The van der Waals surface area contributed by atoms with Gasteiger partial charge < -0.3 is 10.2 Å². The molecule has 1 aromatic carbocycles. The van der Waals surface area contributed by atoms with Crippen LogP contribution in [0.25, 0.3) is 0 Å². The third kappa shape index (κ3) is 5.87. The second-order valence-corrected chi connectivity index (χ2v) is 7.69. The minimum Gasteiger partial charge on any atom is -0.353 e. The highest BCUT2D eigenvalue weighted by Gasteiger charge is 2.23. The van der Waals surface area contributed by atoms with E-state index < -0.39 is 39.2 Å². The fraction of sp³-hybridized carbons (Fsp3) is 0.533. The number of carbonyl (C=O) groups excluding carboxylic acids is 1. The van der Waals surface area contributed by atoms with Gasteiger partial charge in [-0.1, -0.05) is 13.0 Å². The number of nitrogens with one attached hydrogen (secondary N) is 1. The number of rotatable bonds is 8. The Balaban J connectivity index is 2.81. The summed E-state index contributed by atoms with van der Waals surface area (Å²) < 4.78 is 51.0. The van der Waals surface area contributed by atoms with Crippen LogP contribution in [0.4, 0.5) is 8.78 Å². The van der Waals surface area contributed by atoms with Crippen LogP contribution >= 0.6 is 0 Å². The Bertz CT molecular complexity index is 628. The van der Waals surface area contributed by atoms with Crippen molar-refractivity contribution in [3.8, 4) is 0 Å². The lowest BCUT2D eigenvalue weighted by molar-refractivity contribution is -0.118. The first-order valence-electron chi connectivity index (χ1n) is 7.25. The van der Waals surface area contributed by atoms with E-state index in [0.29, 0.717) is 6.42 Å². The van der Waals surface area contributed by atoms with E-state index in [1.54, 1.807) is 25.9 Å². The van der Waals surface area contributed by atoms with Crippen LogP contribution in [0.3, 0.4) is 0 Å². The van der Waals surface area contributed by atoms with Crippen LogP contribution in [0.5, 0.6) is 0 Å². The van der Waals surface area contributed by atoms with Crippen LogP contribution in [0.15, 0.2) is 18.2 Å². The fourth-order valence-corrected chi connectivity index (χ4v) is 3.48. The van der Waals surface area contributed by atoms with Crippen LogP contribution in [0, 0.1) is 11.6 Å². The summed E-state index contributed by atoms with van der Waals surface area (Å²) in [6, 6.07) is 2.80. The van der Waals surface area contributed by atoms with Crippen molar-refractivity contribution >= 4 is 15.7 Å². The van der Waals surface area contributed by atoms with E-state index >= 15 is 0 Å². The predicted octanol–water partition coefficient (Wildman–Crippen LogP) is 1.51. The summed E-state index contributed by atoms with van der Waals surface area (Å²) in [5, 5.41) is 2.44. The number of benzene rings is 1. The molecular weight excluding hydrogens is 326 g/mol. The molecule has 5 nitrogen and oxygen atoms in total. The average molecular weight is 348 g/mol. The molecule has 0 saturated heterocycles. The Morgan fingerprint density at radius 1 is 1.26 bits per heavy atom. The first-order valence-corrected chi connectivity index (χ1v) is 9.07. The number of hydrogen-bond acceptors (Lipinski definition) is 4. The number of amides is 1. The van der Waals surface area contributed by atoms with Crippen LogP contribution in [0.2, 0.25) is 0 Å². The third-order valence-electron chi connectivity index (χ3n) is 3.31. The molecule has 0 aliphatic carbocycles. The van der Waals surface area contributed by atoms with E-state index in [9.17, 15) is 22.0 Å². The average Bonchev–Trinajstić information content (AvgIpc) is 2.40. The van der Waals surface area contributed by atoms with Crippen molar-refractivity contribution in [2.45, 2.75) is 19.4 Å². The summed E-state index contributed by atoms with van der Waals surface area (Å²) in [6.45, 7) is 1.61. The van der Waals surface area contributed by atoms with E-state index in [4.69, 9.17) is 0 Å². The van der Waals surface area contributed by atoms with E-state index in [1.165, 1.54) is 6.07 Å². The summed E-state index contributed by atoms with van der Waals surface area (Å²) in [6.07, 6.45) is 0.427. The van der Waals surface area contributed by atoms with Gasteiger partial charge in [0.1, 0.15) is 17.4 Å². The third-order valence-corrected chi connectivity index (χ3v) is 5.05. The van der Waals surface area contributed by atoms with Crippen molar-refractivity contribution < 1.29 is 22.0 Å². The number of carbonyl (C=O) groups is 1. The van der Waals surface area contributed by atoms with Gasteiger partial charge in [-0.2, -0.15) is 0 Å². The van der Waals surface area contributed by atoms with Crippen molar-refractivity contribution in [2.24, 2.45) is 0 Å². The van der Waals surface area contributed by atoms with Crippen LogP contribution < -0.4 is 5.32 Å². The highest BCUT2D eigenvalue weighted by molar-refractivity contribution is 7.92. The smallest absolute Gasteiger partial charge is 0.235 e. The minimum atomic E-state index is -3.45. The molecule has 8 heteroatoms. The van der Waals surface area contributed by atoms with Crippen molar-refractivity contribution in [1.82, 2.24) is 10.2 Å². The number of halogens is 2. The Morgan fingerprint density at radius 3 is 2.30 bits per heavy atom. The maximum Gasteiger partial charge on any atom is 0.235 e. The normalized spacial score (nSPS) is 13.1. The van der Waals surface area contributed by atoms with Gasteiger partial charge in [-0.15, -0.1) is 0 Å². The lowest BCUT2D eigenvalue weighted by Gasteiger charge is -2.25. The molecule has 0 aliphatic rings. The monoisotopic (exact) mass is 348 g/mol. The number of hydrogen-bond donors (Lipinski definition) is 1. The Kier molecular flexibility index (Phi) is 7.08. The molecule has 23 heavy (non-hydrogen) atoms. The summed E-state index contributed by atoms with van der Waals surface area (Å²) in [5.41, 5.74) is -0.158. The van der Waals surface area contributed by atoms with Gasteiger partial charge in [0, 0.05) is 12.1 Å². The minimum absolute atomic E-state index is 0.0700. The topological polar surface area (TPSA) is 66.5 Å². The molecule has 1 aromatic rings. The summed E-state index contributed by atoms with van der Waals surface area (Å²) >= 11 is 0. The molecule has 0 heterocycles. The molecule has 0 fully saturated rings. The zero-order chi connectivity index (χ0) is 17.6. The summed E-state index contributed by atoms with van der Waals surface area (Å²) in [5.74, 6) is -2.80. The maximum absolute atomic E-state index is 13.9. The van der Waals surface area contributed by atoms with Gasteiger partial charge in [0.05, 0.1) is 11.8 Å². The molecule has 1 rings (SSSR count). The van der Waals surface area contributed by atoms with Crippen molar-refractivity contribution in [2.75, 3.05) is 32.1 Å². The Labute approximate surface area is 135 Å². The van der Waals surface area contributed by atoms with Gasteiger partial charge in [-0.3, -0.25) is 4.79 Å². The molecule has 1 unspecified atom stereocenters. The molecule has 0 bridgehead atoms. The fourth-order valence-electron chi connectivity index (χ4n) is 2.22. The van der Waals surface area contributed by atoms with E-state index in [-0.39, 0.29) is 17.9 Å². The van der Waals surface area contributed by atoms with Gasteiger partial charge in [-0.05, 0) is 32.6 Å². The number of likely N-dealkylation sites (N-methyl/N-ethyl adjacent to an activating group) is 1. The zero-order valence-corrected chi connectivity index (χ0v) is 14.3. The maximum atomic E-state index is 13.9. The first kappa shape index (κ1) is 19.5. The number of sulfone groups is 1. The Hall–Kier alpha value is -1.54. The molecular formula is C15H22F2N2O3S. The predicted molar refractivity (Wildman–Crippen MR) is 84.7 cm³/mol. The van der Waals surface area contributed by atoms with E-state index in [1.807, 2.05) is 0 Å². The van der Waals surface area contributed by atoms with Gasteiger partial charge in [-0.25, -0.2) is 17.2 Å². The SMILES string of the molecule is CCCS(=O)(=O)CC(=O)NCC(c1c(F)cccc1F)N(C)C. The molecule has 0 aromatic heterocycles. The van der Waals surface area contributed by atoms with E-state index in [2.05, 4.69) is 5.32 Å². The van der Waals surface area contributed by atoms with Gasteiger partial charge in [0.2, 0.25) is 5.91 Å². The van der Waals surface area contributed by atoms with Crippen molar-refractivity contribution in [1.29, 1.82) is 0 Å². The summed E-state index contributed by atoms with van der Waals surface area (Å²) in [7, 11) is -0.211. The highest BCUT2D eigenvalue weighted by atomic mass is 32.2.